The number of hydrogen-bond acceptors (Lipinski definition) is 4. The Morgan fingerprint density at radius 1 is 1.45 bits per heavy atom. The van der Waals surface area contributed by atoms with Crippen LogP contribution in [0.5, 0.6) is 0 Å². The normalized spacial score (nSPS) is 11.8. The van der Waals surface area contributed by atoms with Crippen LogP contribution >= 0.6 is 11.3 Å². The average molecular weight is 293 g/mol. The van der Waals surface area contributed by atoms with Gasteiger partial charge in [-0.3, -0.25) is 0 Å². The van der Waals surface area contributed by atoms with Gasteiger partial charge in [-0.2, -0.15) is 0 Å². The summed E-state index contributed by atoms with van der Waals surface area (Å²) in [5.41, 5.74) is 1.13. The van der Waals surface area contributed by atoms with Crippen molar-refractivity contribution in [3.63, 3.8) is 0 Å². The van der Waals surface area contributed by atoms with Gasteiger partial charge in [0, 0.05) is 36.7 Å². The van der Waals surface area contributed by atoms with Crippen molar-refractivity contribution in [2.24, 2.45) is 0 Å². The molecule has 0 aliphatic carbocycles. The Hall–Kier alpha value is -1.33. The second-order valence-electron chi connectivity index (χ2n) is 5.61. The molecule has 0 saturated carbocycles. The lowest BCUT2D eigenvalue weighted by atomic mass is 9.91. The summed E-state index contributed by atoms with van der Waals surface area (Å²) in [6.45, 7) is 8.92. The zero-order chi connectivity index (χ0) is 14.6. The number of aromatic nitrogens is 2. The van der Waals surface area contributed by atoms with E-state index >= 15 is 0 Å². The first kappa shape index (κ1) is 15.1. The fraction of sp³-hybridized carbons (Fsp3) is 0.533. The molecule has 0 unspecified atom stereocenters. The SMILES string of the molecule is COCCNc1nc(C)cn1CC(C)(C)c1cccs1. The fourth-order valence-electron chi connectivity index (χ4n) is 2.24. The van der Waals surface area contributed by atoms with Gasteiger partial charge >= 0.3 is 0 Å². The van der Waals surface area contributed by atoms with Gasteiger partial charge in [0.15, 0.2) is 0 Å². The van der Waals surface area contributed by atoms with Crippen molar-refractivity contribution in [1.82, 2.24) is 9.55 Å². The summed E-state index contributed by atoms with van der Waals surface area (Å²) in [5, 5.41) is 5.47. The maximum absolute atomic E-state index is 5.07. The van der Waals surface area contributed by atoms with Crippen LogP contribution < -0.4 is 5.32 Å². The first-order valence-electron chi connectivity index (χ1n) is 6.83. The molecule has 0 radical (unpaired) electrons. The Bertz CT molecular complexity index is 531. The molecular weight excluding hydrogens is 270 g/mol. The van der Waals surface area contributed by atoms with Gasteiger partial charge in [0.05, 0.1) is 12.3 Å². The highest BCUT2D eigenvalue weighted by Gasteiger charge is 2.23. The van der Waals surface area contributed by atoms with Crippen molar-refractivity contribution in [3.05, 3.63) is 34.3 Å². The molecule has 0 amide bonds. The molecule has 0 bridgehead atoms. The summed E-state index contributed by atoms with van der Waals surface area (Å²) >= 11 is 1.81. The summed E-state index contributed by atoms with van der Waals surface area (Å²) in [5.74, 6) is 0.921. The molecule has 5 heteroatoms. The van der Waals surface area contributed by atoms with Crippen LogP contribution in [0.15, 0.2) is 23.7 Å². The lowest BCUT2D eigenvalue weighted by molar-refractivity contribution is 0.210. The second kappa shape index (κ2) is 6.41. The first-order chi connectivity index (χ1) is 9.53. The largest absolute Gasteiger partial charge is 0.383 e. The van der Waals surface area contributed by atoms with Gasteiger partial charge in [-0.05, 0) is 18.4 Å². The van der Waals surface area contributed by atoms with Crippen molar-refractivity contribution >= 4 is 17.3 Å². The Balaban J connectivity index is 2.12. The number of hydrogen-bond donors (Lipinski definition) is 1. The summed E-state index contributed by atoms with van der Waals surface area (Å²) in [6.07, 6.45) is 2.10. The van der Waals surface area contributed by atoms with Crippen LogP contribution in [0.3, 0.4) is 0 Å². The van der Waals surface area contributed by atoms with Crippen LogP contribution in [-0.4, -0.2) is 29.8 Å². The number of aryl methyl sites for hydroxylation is 1. The number of methoxy groups -OCH3 is 1. The molecule has 4 nitrogen and oxygen atoms in total. The summed E-state index contributed by atoms with van der Waals surface area (Å²) < 4.78 is 7.27. The molecular formula is C15H23N3OS. The van der Waals surface area contributed by atoms with Crippen molar-refractivity contribution in [2.75, 3.05) is 25.6 Å². The van der Waals surface area contributed by atoms with Crippen molar-refractivity contribution in [3.8, 4) is 0 Å². The maximum Gasteiger partial charge on any atom is 0.203 e. The monoisotopic (exact) mass is 293 g/mol. The summed E-state index contributed by atoms with van der Waals surface area (Å²) in [7, 11) is 1.71. The van der Waals surface area contributed by atoms with Gasteiger partial charge in [0.25, 0.3) is 0 Å². The highest BCUT2D eigenvalue weighted by molar-refractivity contribution is 7.10. The molecule has 0 aliphatic rings. The molecule has 2 aromatic rings. The predicted octanol–water partition coefficient (Wildman–Crippen LogP) is 3.29. The molecule has 110 valence electrons. The molecule has 0 aromatic carbocycles. The molecule has 0 saturated heterocycles. The molecule has 2 rings (SSSR count). The molecule has 0 spiro atoms. The van der Waals surface area contributed by atoms with Gasteiger partial charge in [0.2, 0.25) is 5.95 Å². The second-order valence-corrected chi connectivity index (χ2v) is 6.56. The Labute approximate surface area is 124 Å². The summed E-state index contributed by atoms with van der Waals surface area (Å²) in [4.78, 5) is 5.94. The number of nitrogens with one attached hydrogen (secondary N) is 1. The number of anilines is 1. The quantitative estimate of drug-likeness (QED) is 0.796. The fourth-order valence-corrected chi connectivity index (χ4v) is 3.09. The standard InChI is InChI=1S/C15H23N3OS/c1-12-10-18(14(17-12)16-7-8-19-4)11-15(2,3)13-6-5-9-20-13/h5-6,9-10H,7-8,11H2,1-4H3,(H,16,17). The van der Waals surface area contributed by atoms with Crippen molar-refractivity contribution in [1.29, 1.82) is 0 Å². The minimum Gasteiger partial charge on any atom is -0.383 e. The van der Waals surface area contributed by atoms with Crippen molar-refractivity contribution in [2.45, 2.75) is 32.7 Å². The number of nitrogens with zero attached hydrogens (tertiary/aromatic N) is 2. The van der Waals surface area contributed by atoms with Crippen LogP contribution in [0, 0.1) is 6.92 Å². The van der Waals surface area contributed by atoms with Gasteiger partial charge in [-0.25, -0.2) is 4.98 Å². The lowest BCUT2D eigenvalue weighted by Crippen LogP contribution is -2.24. The Kier molecular flexibility index (Phi) is 4.83. The van der Waals surface area contributed by atoms with E-state index < -0.39 is 0 Å². The lowest BCUT2D eigenvalue weighted by Gasteiger charge is -2.25. The van der Waals surface area contributed by atoms with Gasteiger partial charge in [0.1, 0.15) is 0 Å². The van der Waals surface area contributed by atoms with Gasteiger partial charge < -0.3 is 14.6 Å². The topological polar surface area (TPSA) is 39.1 Å². The average Bonchev–Trinajstić information content (AvgIpc) is 3.00. The third kappa shape index (κ3) is 3.61. The van der Waals surface area contributed by atoms with E-state index in [-0.39, 0.29) is 5.41 Å². The number of thiophene rings is 1. The zero-order valence-electron chi connectivity index (χ0n) is 12.6. The molecule has 0 aliphatic heterocycles. The Morgan fingerprint density at radius 3 is 2.90 bits per heavy atom. The third-order valence-electron chi connectivity index (χ3n) is 3.24. The minimum absolute atomic E-state index is 0.0962. The van der Waals surface area contributed by atoms with E-state index in [9.17, 15) is 0 Å². The molecule has 2 aromatic heterocycles. The number of ether oxygens (including phenoxy) is 1. The zero-order valence-corrected chi connectivity index (χ0v) is 13.5. The van der Waals surface area contributed by atoms with Crippen LogP contribution in [-0.2, 0) is 16.7 Å². The predicted molar refractivity (Wildman–Crippen MR) is 84.7 cm³/mol. The highest BCUT2D eigenvalue weighted by Crippen LogP contribution is 2.30. The molecule has 0 fully saturated rings. The van der Waals surface area contributed by atoms with Crippen LogP contribution in [0.4, 0.5) is 5.95 Å². The Morgan fingerprint density at radius 2 is 2.25 bits per heavy atom. The summed E-state index contributed by atoms with van der Waals surface area (Å²) in [6, 6.07) is 4.31. The van der Waals surface area contributed by atoms with E-state index in [4.69, 9.17) is 4.74 Å². The van der Waals surface area contributed by atoms with E-state index in [0.29, 0.717) is 6.61 Å². The molecule has 1 N–H and O–H groups in total. The number of rotatable bonds is 7. The molecule has 20 heavy (non-hydrogen) atoms. The smallest absolute Gasteiger partial charge is 0.203 e. The highest BCUT2D eigenvalue weighted by atomic mass is 32.1. The maximum atomic E-state index is 5.07. The van der Waals surface area contributed by atoms with E-state index in [2.05, 4.69) is 52.4 Å². The molecule has 0 atom stereocenters. The van der Waals surface area contributed by atoms with Crippen molar-refractivity contribution < 1.29 is 4.74 Å². The molecule has 2 heterocycles. The first-order valence-corrected chi connectivity index (χ1v) is 7.71. The van der Waals surface area contributed by atoms with E-state index in [0.717, 1.165) is 24.7 Å². The minimum atomic E-state index is 0.0962. The van der Waals surface area contributed by atoms with Crippen LogP contribution in [0.25, 0.3) is 0 Å². The van der Waals surface area contributed by atoms with E-state index in [1.807, 2.05) is 18.3 Å². The van der Waals surface area contributed by atoms with Gasteiger partial charge in [-0.1, -0.05) is 19.9 Å². The van der Waals surface area contributed by atoms with Crippen LogP contribution in [0.2, 0.25) is 0 Å². The van der Waals surface area contributed by atoms with E-state index in [1.54, 1.807) is 7.11 Å². The van der Waals surface area contributed by atoms with Crippen LogP contribution in [0.1, 0.15) is 24.4 Å². The van der Waals surface area contributed by atoms with Gasteiger partial charge in [-0.15, -0.1) is 11.3 Å². The van der Waals surface area contributed by atoms with E-state index in [1.165, 1.54) is 4.88 Å². The third-order valence-corrected chi connectivity index (χ3v) is 4.48. The number of imidazole rings is 1.